The highest BCUT2D eigenvalue weighted by Crippen LogP contribution is 2.36. The minimum Gasteiger partial charge on any atom is -0.356 e. The van der Waals surface area contributed by atoms with Crippen molar-refractivity contribution in [1.82, 2.24) is 15.5 Å². The van der Waals surface area contributed by atoms with Crippen LogP contribution in [0.2, 0.25) is 0 Å². The number of hydrogen-bond donors (Lipinski definition) is 3. The SMILES string of the molecule is O=C(NC1CC2C(=O)Nc3ccccc3N2C1)c1n[nH]c2cc(F)ccc12. The Morgan fingerprint density at radius 1 is 1.26 bits per heavy atom. The van der Waals surface area contributed by atoms with Crippen LogP contribution < -0.4 is 15.5 Å². The number of carbonyl (C=O) groups is 2. The van der Waals surface area contributed by atoms with Gasteiger partial charge in [0.25, 0.3) is 5.91 Å². The predicted molar refractivity (Wildman–Crippen MR) is 98.1 cm³/mol. The van der Waals surface area contributed by atoms with Gasteiger partial charge in [-0.25, -0.2) is 4.39 Å². The van der Waals surface area contributed by atoms with Crippen LogP contribution >= 0.6 is 0 Å². The smallest absolute Gasteiger partial charge is 0.272 e. The maximum Gasteiger partial charge on any atom is 0.272 e. The van der Waals surface area contributed by atoms with Gasteiger partial charge in [-0.15, -0.1) is 0 Å². The quantitative estimate of drug-likeness (QED) is 0.648. The Morgan fingerprint density at radius 3 is 3.00 bits per heavy atom. The number of aromatic amines is 1. The second-order valence-corrected chi connectivity index (χ2v) is 6.84. The lowest BCUT2D eigenvalue weighted by Crippen LogP contribution is -2.44. The molecule has 2 aliphatic heterocycles. The summed E-state index contributed by atoms with van der Waals surface area (Å²) in [6.45, 7) is 0.540. The number of para-hydroxylation sites is 2. The molecule has 8 heteroatoms. The molecule has 0 spiro atoms. The molecule has 136 valence electrons. The second-order valence-electron chi connectivity index (χ2n) is 6.84. The number of halogens is 1. The van der Waals surface area contributed by atoms with Crippen LogP contribution in [0.1, 0.15) is 16.9 Å². The average Bonchev–Trinajstić information content (AvgIpc) is 3.26. The number of nitrogens with one attached hydrogen (secondary N) is 3. The molecule has 0 bridgehead atoms. The van der Waals surface area contributed by atoms with E-state index in [1.807, 2.05) is 29.2 Å². The number of rotatable bonds is 2. The van der Waals surface area contributed by atoms with Gasteiger partial charge in [-0.2, -0.15) is 5.10 Å². The van der Waals surface area contributed by atoms with Crippen LogP contribution in [0.5, 0.6) is 0 Å². The number of benzene rings is 2. The zero-order chi connectivity index (χ0) is 18.5. The highest BCUT2D eigenvalue weighted by Gasteiger charge is 2.41. The van der Waals surface area contributed by atoms with Gasteiger partial charge < -0.3 is 15.5 Å². The molecule has 2 amide bonds. The third kappa shape index (κ3) is 2.52. The molecule has 1 aromatic heterocycles. The number of fused-ring (bicyclic) bond motifs is 4. The van der Waals surface area contributed by atoms with Crippen molar-refractivity contribution in [1.29, 1.82) is 0 Å². The van der Waals surface area contributed by atoms with Crippen molar-refractivity contribution in [2.75, 3.05) is 16.8 Å². The highest BCUT2D eigenvalue weighted by atomic mass is 19.1. The van der Waals surface area contributed by atoms with Gasteiger partial charge in [-0.05, 0) is 36.8 Å². The average molecular weight is 365 g/mol. The number of carbonyl (C=O) groups excluding carboxylic acids is 2. The molecule has 7 nitrogen and oxygen atoms in total. The van der Waals surface area contributed by atoms with Crippen LogP contribution in [0.25, 0.3) is 10.9 Å². The highest BCUT2D eigenvalue weighted by molar-refractivity contribution is 6.06. The summed E-state index contributed by atoms with van der Waals surface area (Å²) < 4.78 is 13.3. The topological polar surface area (TPSA) is 90.1 Å². The fraction of sp³-hybridized carbons (Fsp3) is 0.211. The standard InChI is InChI=1S/C19H16FN5O2/c20-10-5-6-12-14(7-10)23-24-17(12)19(27)21-11-8-16-18(26)22-13-3-1-2-4-15(13)25(16)9-11/h1-7,11,16H,8-9H2,(H,21,27)(H,22,26)(H,23,24). The van der Waals surface area contributed by atoms with E-state index in [4.69, 9.17) is 0 Å². The van der Waals surface area contributed by atoms with Crippen LogP contribution in [0.3, 0.4) is 0 Å². The maximum absolute atomic E-state index is 13.3. The zero-order valence-electron chi connectivity index (χ0n) is 14.2. The molecule has 3 aromatic rings. The van der Waals surface area contributed by atoms with Crippen molar-refractivity contribution in [3.8, 4) is 0 Å². The third-order valence-corrected chi connectivity index (χ3v) is 5.15. The number of aromatic nitrogens is 2. The summed E-state index contributed by atoms with van der Waals surface area (Å²) in [5, 5.41) is 13.1. The van der Waals surface area contributed by atoms with E-state index >= 15 is 0 Å². The van der Waals surface area contributed by atoms with Crippen molar-refractivity contribution in [2.24, 2.45) is 0 Å². The lowest BCUT2D eigenvalue weighted by Gasteiger charge is -2.32. The van der Waals surface area contributed by atoms with E-state index in [0.29, 0.717) is 23.9 Å². The van der Waals surface area contributed by atoms with E-state index in [-0.39, 0.29) is 29.6 Å². The number of H-pyrrole nitrogens is 1. The molecule has 3 heterocycles. The van der Waals surface area contributed by atoms with E-state index < -0.39 is 5.82 Å². The molecule has 0 saturated carbocycles. The van der Waals surface area contributed by atoms with Crippen molar-refractivity contribution in [3.05, 3.63) is 54.0 Å². The fourth-order valence-corrected chi connectivity index (χ4v) is 3.92. The van der Waals surface area contributed by atoms with Crippen molar-refractivity contribution in [3.63, 3.8) is 0 Å². The van der Waals surface area contributed by atoms with Crippen LogP contribution in [0.15, 0.2) is 42.5 Å². The molecule has 1 fully saturated rings. The lowest BCUT2D eigenvalue weighted by atomic mass is 10.1. The van der Waals surface area contributed by atoms with E-state index in [9.17, 15) is 14.0 Å². The minimum atomic E-state index is -0.393. The summed E-state index contributed by atoms with van der Waals surface area (Å²) in [6, 6.07) is 11.3. The Bertz CT molecular complexity index is 1080. The van der Waals surface area contributed by atoms with E-state index in [1.54, 1.807) is 0 Å². The van der Waals surface area contributed by atoms with E-state index in [1.165, 1.54) is 18.2 Å². The Kier molecular flexibility index (Phi) is 3.40. The summed E-state index contributed by atoms with van der Waals surface area (Å²) in [6.07, 6.45) is 0.517. The molecule has 5 rings (SSSR count). The molecule has 3 N–H and O–H groups in total. The lowest BCUT2D eigenvalue weighted by molar-refractivity contribution is -0.117. The molecule has 2 aromatic carbocycles. The Hall–Kier alpha value is -3.42. The fourth-order valence-electron chi connectivity index (χ4n) is 3.92. The van der Waals surface area contributed by atoms with Gasteiger partial charge in [0, 0.05) is 18.0 Å². The van der Waals surface area contributed by atoms with Gasteiger partial charge in [0.1, 0.15) is 11.9 Å². The Morgan fingerprint density at radius 2 is 2.11 bits per heavy atom. The summed E-state index contributed by atoms with van der Waals surface area (Å²) in [5.41, 5.74) is 2.43. The summed E-state index contributed by atoms with van der Waals surface area (Å²) in [4.78, 5) is 27.1. The van der Waals surface area contributed by atoms with Crippen molar-refractivity contribution in [2.45, 2.75) is 18.5 Å². The second kappa shape index (κ2) is 5.80. The van der Waals surface area contributed by atoms with Crippen molar-refractivity contribution < 1.29 is 14.0 Å². The largest absolute Gasteiger partial charge is 0.356 e. The first-order chi connectivity index (χ1) is 13.1. The van der Waals surface area contributed by atoms with E-state index in [0.717, 1.165) is 11.4 Å². The predicted octanol–water partition coefficient (Wildman–Crippen LogP) is 2.03. The molecule has 1 saturated heterocycles. The van der Waals surface area contributed by atoms with E-state index in [2.05, 4.69) is 20.8 Å². The van der Waals surface area contributed by atoms with Gasteiger partial charge >= 0.3 is 0 Å². The number of amides is 2. The van der Waals surface area contributed by atoms with Gasteiger partial charge in [0.2, 0.25) is 5.91 Å². The summed E-state index contributed by atoms with van der Waals surface area (Å²) in [7, 11) is 0. The number of nitrogens with zero attached hydrogens (tertiary/aromatic N) is 2. The summed E-state index contributed by atoms with van der Waals surface area (Å²) >= 11 is 0. The minimum absolute atomic E-state index is 0.0638. The molecule has 0 radical (unpaired) electrons. The number of hydrogen-bond acceptors (Lipinski definition) is 4. The third-order valence-electron chi connectivity index (χ3n) is 5.15. The molecule has 2 aliphatic rings. The van der Waals surface area contributed by atoms with Gasteiger partial charge in [0.15, 0.2) is 5.69 Å². The number of anilines is 2. The molecular formula is C19H16FN5O2. The molecular weight excluding hydrogens is 349 g/mol. The first-order valence-electron chi connectivity index (χ1n) is 8.71. The molecule has 27 heavy (non-hydrogen) atoms. The zero-order valence-corrected chi connectivity index (χ0v) is 14.2. The maximum atomic E-state index is 13.3. The van der Waals surface area contributed by atoms with Gasteiger partial charge in [-0.1, -0.05) is 12.1 Å². The Labute approximate surface area is 153 Å². The molecule has 0 aliphatic carbocycles. The normalized spacial score (nSPS) is 20.9. The molecule has 2 atom stereocenters. The van der Waals surface area contributed by atoms with Gasteiger partial charge in [0.05, 0.1) is 16.9 Å². The van der Waals surface area contributed by atoms with Crippen LogP contribution in [0, 0.1) is 5.82 Å². The van der Waals surface area contributed by atoms with Crippen LogP contribution in [0.4, 0.5) is 15.8 Å². The van der Waals surface area contributed by atoms with Crippen LogP contribution in [-0.4, -0.2) is 40.6 Å². The summed E-state index contributed by atoms with van der Waals surface area (Å²) in [5.74, 6) is -0.798. The monoisotopic (exact) mass is 365 g/mol. The first-order valence-corrected chi connectivity index (χ1v) is 8.71. The van der Waals surface area contributed by atoms with Crippen LogP contribution in [-0.2, 0) is 4.79 Å². The first kappa shape index (κ1) is 15.8. The van der Waals surface area contributed by atoms with Crippen molar-refractivity contribution >= 4 is 34.1 Å². The molecule has 2 unspecified atom stereocenters. The Balaban J connectivity index is 1.38. The van der Waals surface area contributed by atoms with Gasteiger partial charge in [-0.3, -0.25) is 14.7 Å².